The lowest BCUT2D eigenvalue weighted by Crippen LogP contribution is -2.37. The molecule has 0 aromatic carbocycles. The van der Waals surface area contributed by atoms with Crippen LogP contribution in [0.25, 0.3) is 0 Å². The van der Waals surface area contributed by atoms with Crippen molar-refractivity contribution in [1.82, 2.24) is 0 Å². The third-order valence-electron chi connectivity index (χ3n) is 0.755. The van der Waals surface area contributed by atoms with E-state index in [4.69, 9.17) is 15.0 Å². The quantitative estimate of drug-likeness (QED) is 0.386. The lowest BCUT2D eigenvalue weighted by molar-refractivity contribution is -0.415. The fraction of sp³-hybridized carbons (Fsp3) is 0.333. The number of carboxylic acid groups (broad SMARTS) is 3. The Morgan fingerprint density at radius 2 is 1.45 bits per heavy atom. The van der Waals surface area contributed by atoms with Gasteiger partial charge in [-0.15, -0.1) is 0 Å². The number of aliphatic carboxylic acids is 1. The maximum Gasteiger partial charge on any atom is 0.0668 e. The molecule has 0 rings (SSSR count). The first-order valence-corrected chi connectivity index (χ1v) is 2.64. The van der Waals surface area contributed by atoms with Crippen molar-refractivity contribution >= 4 is 12.1 Å². The summed E-state index contributed by atoms with van der Waals surface area (Å²) < 4.78 is 0. The molecule has 64 valence electrons. The van der Waals surface area contributed by atoms with E-state index in [1.54, 1.807) is 6.92 Å². The Balaban J connectivity index is 0. The Bertz CT molecular complexity index is 166. The zero-order valence-electron chi connectivity index (χ0n) is 6.12. The molecule has 0 saturated carbocycles. The monoisotopic (exact) mass is 159 g/mol. The zero-order chi connectivity index (χ0) is 9.44. The molecule has 0 spiro atoms. The molecular formula is C6H7O5-3. The van der Waals surface area contributed by atoms with Gasteiger partial charge in [-0.05, 0) is 25.6 Å². The van der Waals surface area contributed by atoms with Gasteiger partial charge in [0.1, 0.15) is 0 Å². The number of hydrogen-bond donors (Lipinski definition) is 0. The Morgan fingerprint density at radius 1 is 1.18 bits per heavy atom. The van der Waals surface area contributed by atoms with Gasteiger partial charge in [0.2, 0.25) is 0 Å². The predicted octanol–water partition coefficient (Wildman–Crippen LogP) is -2.74. The van der Waals surface area contributed by atoms with E-state index >= 15 is 0 Å². The van der Waals surface area contributed by atoms with Crippen molar-refractivity contribution in [2.45, 2.75) is 13.8 Å². The summed E-state index contributed by atoms with van der Waals surface area (Å²) in [7, 11) is 0. The third-order valence-corrected chi connectivity index (χ3v) is 0.755. The van der Waals surface area contributed by atoms with Crippen LogP contribution in [0, 0.1) is 0 Å². The Kier molecular flexibility index (Phi) is 7.31. The normalized spacial score (nSPS) is 9.45. The molecular weight excluding hydrogens is 152 g/mol. The van der Waals surface area contributed by atoms with E-state index in [1.807, 2.05) is 0 Å². The minimum atomic E-state index is -2.33. The van der Waals surface area contributed by atoms with Gasteiger partial charge >= 0.3 is 0 Å². The molecule has 0 bridgehead atoms. The van der Waals surface area contributed by atoms with Gasteiger partial charge in [0.05, 0.1) is 5.97 Å². The first-order chi connectivity index (χ1) is 4.91. The highest BCUT2D eigenvalue weighted by molar-refractivity contribution is 5.83. The summed E-state index contributed by atoms with van der Waals surface area (Å²) in [4.78, 5) is 18.1. The van der Waals surface area contributed by atoms with Crippen molar-refractivity contribution in [2.24, 2.45) is 0 Å². The smallest absolute Gasteiger partial charge is 0.0668 e. The fourth-order valence-electron chi connectivity index (χ4n) is 0.118. The van der Waals surface area contributed by atoms with Crippen LogP contribution in [-0.4, -0.2) is 12.1 Å². The van der Waals surface area contributed by atoms with Gasteiger partial charge in [0.25, 0.3) is 0 Å². The van der Waals surface area contributed by atoms with Crippen LogP contribution in [0.3, 0.4) is 0 Å². The van der Waals surface area contributed by atoms with Gasteiger partial charge in [0.15, 0.2) is 0 Å². The van der Waals surface area contributed by atoms with Gasteiger partial charge in [0, 0.05) is 0 Å². The topological polar surface area (TPSA) is 103 Å². The van der Waals surface area contributed by atoms with Crippen LogP contribution in [0.2, 0.25) is 0 Å². The van der Waals surface area contributed by atoms with Crippen molar-refractivity contribution < 1.29 is 24.9 Å². The number of carbonyl (C=O) groups excluding carboxylic acids is 2. The second-order valence-electron chi connectivity index (χ2n) is 1.51. The van der Waals surface area contributed by atoms with Gasteiger partial charge in [-0.1, -0.05) is 6.08 Å². The van der Waals surface area contributed by atoms with Crippen LogP contribution in [-0.2, 0) is 4.79 Å². The second kappa shape index (κ2) is 6.60. The summed E-state index contributed by atoms with van der Waals surface area (Å²) in [5.41, 5.74) is 0.278. The van der Waals surface area contributed by atoms with E-state index < -0.39 is 12.1 Å². The molecule has 11 heavy (non-hydrogen) atoms. The Hall–Kier alpha value is -1.52. The number of allylic oxidation sites excluding steroid dienone is 1. The summed E-state index contributed by atoms with van der Waals surface area (Å²) in [6.45, 7) is 3.15. The van der Waals surface area contributed by atoms with Crippen LogP contribution >= 0.6 is 0 Å². The molecule has 5 nitrogen and oxygen atoms in total. The number of carboxylic acids is 1. The third kappa shape index (κ3) is 17.7. The van der Waals surface area contributed by atoms with Gasteiger partial charge in [-0.25, -0.2) is 0 Å². The number of rotatable bonds is 1. The standard InChI is InChI=1S/C5H8O2.CH2O3/c1-3-4(2)5(6)7;2-1(3)4/h3H,1-2H3,(H,6,7);(H2,2,3,4)/p-3/b4-3+;. The van der Waals surface area contributed by atoms with E-state index in [1.165, 1.54) is 13.0 Å². The summed E-state index contributed by atoms with van der Waals surface area (Å²) >= 11 is 0. The summed E-state index contributed by atoms with van der Waals surface area (Å²) in [5, 5.41) is 26.4. The van der Waals surface area contributed by atoms with Crippen LogP contribution in [0.1, 0.15) is 13.8 Å². The molecule has 0 aromatic rings. The molecule has 0 fully saturated rings. The molecule has 0 unspecified atom stereocenters. The maximum atomic E-state index is 9.75. The van der Waals surface area contributed by atoms with E-state index in [9.17, 15) is 9.90 Å². The predicted molar refractivity (Wildman–Crippen MR) is 29.8 cm³/mol. The molecule has 0 atom stereocenters. The molecule has 0 aliphatic heterocycles. The van der Waals surface area contributed by atoms with Gasteiger partial charge in [-0.2, -0.15) is 0 Å². The van der Waals surface area contributed by atoms with Gasteiger partial charge < -0.3 is 24.9 Å². The molecule has 5 heteroatoms. The average Bonchev–Trinajstić information content (AvgIpc) is 1.85. The lowest BCUT2D eigenvalue weighted by atomic mass is 10.3. The van der Waals surface area contributed by atoms with E-state index in [-0.39, 0.29) is 5.57 Å². The first kappa shape index (κ1) is 12.2. The van der Waals surface area contributed by atoms with Crippen molar-refractivity contribution in [2.75, 3.05) is 0 Å². The maximum absolute atomic E-state index is 9.75. The minimum absolute atomic E-state index is 0.278. The Labute approximate surface area is 63.6 Å². The minimum Gasteiger partial charge on any atom is -0.652 e. The molecule has 0 aliphatic rings. The summed E-state index contributed by atoms with van der Waals surface area (Å²) in [6.07, 6.45) is -0.838. The SMILES string of the molecule is C/C=C(\C)C(=O)[O-].O=C([O-])[O-]. The number of carbonyl (C=O) groups is 2. The molecule has 0 amide bonds. The number of hydrogen-bond acceptors (Lipinski definition) is 5. The van der Waals surface area contributed by atoms with Crippen LogP contribution in [0.15, 0.2) is 11.6 Å². The van der Waals surface area contributed by atoms with Gasteiger partial charge in [-0.3, -0.25) is 0 Å². The molecule has 0 radical (unpaired) electrons. The van der Waals surface area contributed by atoms with Crippen LogP contribution in [0.4, 0.5) is 4.79 Å². The van der Waals surface area contributed by atoms with Crippen molar-refractivity contribution in [1.29, 1.82) is 0 Å². The molecule has 0 N–H and O–H groups in total. The van der Waals surface area contributed by atoms with Crippen molar-refractivity contribution in [3.05, 3.63) is 11.6 Å². The fourth-order valence-corrected chi connectivity index (χ4v) is 0.118. The summed E-state index contributed by atoms with van der Waals surface area (Å²) in [5.74, 6) is -1.09. The largest absolute Gasteiger partial charge is 0.652 e. The van der Waals surface area contributed by atoms with E-state index in [0.717, 1.165) is 0 Å². The Morgan fingerprint density at radius 3 is 1.45 bits per heavy atom. The summed E-state index contributed by atoms with van der Waals surface area (Å²) in [6, 6.07) is 0. The van der Waals surface area contributed by atoms with Crippen molar-refractivity contribution in [3.63, 3.8) is 0 Å². The van der Waals surface area contributed by atoms with E-state index in [2.05, 4.69) is 0 Å². The molecule has 0 aromatic heterocycles. The molecule has 0 heterocycles. The highest BCUT2D eigenvalue weighted by Crippen LogP contribution is 1.85. The van der Waals surface area contributed by atoms with Crippen molar-refractivity contribution in [3.8, 4) is 0 Å². The van der Waals surface area contributed by atoms with Crippen LogP contribution in [0.5, 0.6) is 0 Å². The van der Waals surface area contributed by atoms with Crippen LogP contribution < -0.4 is 15.3 Å². The average molecular weight is 159 g/mol. The van der Waals surface area contributed by atoms with E-state index in [0.29, 0.717) is 0 Å². The highest BCUT2D eigenvalue weighted by Gasteiger charge is 1.80. The molecule has 0 saturated heterocycles. The highest BCUT2D eigenvalue weighted by atomic mass is 16.6. The second-order valence-corrected chi connectivity index (χ2v) is 1.51. The molecule has 0 aliphatic carbocycles. The zero-order valence-corrected chi connectivity index (χ0v) is 6.12. The lowest BCUT2D eigenvalue weighted by Gasteiger charge is -1.96. The first-order valence-electron chi connectivity index (χ1n) is 2.64.